The number of halogens is 3. The van der Waals surface area contributed by atoms with Crippen LogP contribution in [0, 0.1) is 17.0 Å². The first-order valence-corrected chi connectivity index (χ1v) is 8.65. The first-order chi connectivity index (χ1) is 12.6. The molecule has 1 unspecified atom stereocenters. The van der Waals surface area contributed by atoms with Crippen LogP contribution in [0.25, 0.3) is 0 Å². The van der Waals surface area contributed by atoms with Gasteiger partial charge in [0.25, 0.3) is 11.6 Å². The number of carbonyl (C=O) groups excluding carboxylic acids is 2. The SMILES string of the molecule is Cc1ccc(C(=O)OC(C)C(=O)Nc2cc(Cl)c(Cl)cc2Cl)cc1[N+](=O)[O-]. The van der Waals surface area contributed by atoms with E-state index in [4.69, 9.17) is 39.5 Å². The van der Waals surface area contributed by atoms with Crippen molar-refractivity contribution in [1.82, 2.24) is 0 Å². The number of nitrogens with zero attached hydrogens (tertiary/aromatic N) is 1. The summed E-state index contributed by atoms with van der Waals surface area (Å²) in [5.41, 5.74) is 0.338. The predicted molar refractivity (Wildman–Crippen MR) is 103 cm³/mol. The highest BCUT2D eigenvalue weighted by molar-refractivity contribution is 6.44. The second kappa shape index (κ2) is 8.56. The molecule has 0 bridgehead atoms. The molecule has 2 aromatic carbocycles. The van der Waals surface area contributed by atoms with Gasteiger partial charge in [0.05, 0.1) is 31.2 Å². The van der Waals surface area contributed by atoms with Gasteiger partial charge in [-0.15, -0.1) is 0 Å². The summed E-state index contributed by atoms with van der Waals surface area (Å²) < 4.78 is 5.06. The summed E-state index contributed by atoms with van der Waals surface area (Å²) in [7, 11) is 0. The van der Waals surface area contributed by atoms with Crippen molar-refractivity contribution in [1.29, 1.82) is 0 Å². The summed E-state index contributed by atoms with van der Waals surface area (Å²) in [6.45, 7) is 2.89. The summed E-state index contributed by atoms with van der Waals surface area (Å²) in [5, 5.41) is 14.0. The lowest BCUT2D eigenvalue weighted by Crippen LogP contribution is -2.30. The molecule has 10 heteroatoms. The minimum atomic E-state index is -1.19. The number of benzene rings is 2. The minimum absolute atomic E-state index is 0.0421. The van der Waals surface area contributed by atoms with Crippen LogP contribution >= 0.6 is 34.8 Å². The van der Waals surface area contributed by atoms with Gasteiger partial charge in [0.2, 0.25) is 0 Å². The molecule has 0 aliphatic heterocycles. The van der Waals surface area contributed by atoms with Crippen LogP contribution in [-0.2, 0) is 9.53 Å². The van der Waals surface area contributed by atoms with Crippen molar-refractivity contribution in [2.24, 2.45) is 0 Å². The van der Waals surface area contributed by atoms with Crippen LogP contribution in [0.1, 0.15) is 22.8 Å². The molecule has 1 atom stereocenters. The lowest BCUT2D eigenvalue weighted by atomic mass is 10.1. The molecule has 0 aliphatic carbocycles. The van der Waals surface area contributed by atoms with Crippen molar-refractivity contribution in [3.05, 3.63) is 66.6 Å². The van der Waals surface area contributed by atoms with Crippen LogP contribution in [0.2, 0.25) is 15.1 Å². The largest absolute Gasteiger partial charge is 0.449 e. The highest BCUT2D eigenvalue weighted by Gasteiger charge is 2.22. The molecular formula is C17H13Cl3N2O5. The van der Waals surface area contributed by atoms with Crippen molar-refractivity contribution in [3.8, 4) is 0 Å². The molecule has 142 valence electrons. The second-order valence-corrected chi connectivity index (χ2v) is 6.76. The van der Waals surface area contributed by atoms with Crippen LogP contribution in [0.3, 0.4) is 0 Å². The summed E-state index contributed by atoms with van der Waals surface area (Å²) >= 11 is 17.7. The Morgan fingerprint density at radius 1 is 1.11 bits per heavy atom. The molecule has 27 heavy (non-hydrogen) atoms. The topological polar surface area (TPSA) is 98.5 Å². The van der Waals surface area contributed by atoms with Gasteiger partial charge in [-0.1, -0.05) is 40.9 Å². The maximum Gasteiger partial charge on any atom is 0.339 e. The van der Waals surface area contributed by atoms with Gasteiger partial charge in [0.1, 0.15) is 0 Å². The zero-order valence-electron chi connectivity index (χ0n) is 14.1. The average molecular weight is 432 g/mol. The number of aryl methyl sites for hydroxylation is 1. The van der Waals surface area contributed by atoms with E-state index in [0.29, 0.717) is 5.56 Å². The van der Waals surface area contributed by atoms with Crippen LogP contribution in [0.4, 0.5) is 11.4 Å². The minimum Gasteiger partial charge on any atom is -0.449 e. The number of nitrogens with one attached hydrogen (secondary N) is 1. The lowest BCUT2D eigenvalue weighted by Gasteiger charge is -2.15. The molecule has 0 radical (unpaired) electrons. The van der Waals surface area contributed by atoms with E-state index < -0.39 is 22.9 Å². The first kappa shape index (κ1) is 21.0. The zero-order chi connectivity index (χ0) is 20.3. The van der Waals surface area contributed by atoms with Crippen LogP contribution in [0.5, 0.6) is 0 Å². The van der Waals surface area contributed by atoms with Crippen LogP contribution in [-0.4, -0.2) is 22.9 Å². The number of hydrogen-bond acceptors (Lipinski definition) is 5. The van der Waals surface area contributed by atoms with Crippen molar-refractivity contribution < 1.29 is 19.2 Å². The van der Waals surface area contributed by atoms with Crippen LogP contribution in [0.15, 0.2) is 30.3 Å². The fourth-order valence-electron chi connectivity index (χ4n) is 2.07. The van der Waals surface area contributed by atoms with Crippen LogP contribution < -0.4 is 5.32 Å². The van der Waals surface area contributed by atoms with Gasteiger partial charge < -0.3 is 10.1 Å². The first-order valence-electron chi connectivity index (χ1n) is 7.51. The Morgan fingerprint density at radius 2 is 1.74 bits per heavy atom. The van der Waals surface area contributed by atoms with E-state index in [9.17, 15) is 19.7 Å². The van der Waals surface area contributed by atoms with Gasteiger partial charge >= 0.3 is 5.97 Å². The molecular weight excluding hydrogens is 419 g/mol. The number of esters is 1. The second-order valence-electron chi connectivity index (χ2n) is 5.54. The Labute approximate surface area is 169 Å². The van der Waals surface area contributed by atoms with E-state index in [1.807, 2.05) is 0 Å². The predicted octanol–water partition coefficient (Wildman–Crippen LogP) is 5.05. The van der Waals surface area contributed by atoms with E-state index in [1.54, 1.807) is 6.92 Å². The van der Waals surface area contributed by atoms with E-state index >= 15 is 0 Å². The van der Waals surface area contributed by atoms with Gasteiger partial charge in [0, 0.05) is 11.6 Å². The van der Waals surface area contributed by atoms with E-state index in [-0.39, 0.29) is 32.0 Å². The quantitative estimate of drug-likeness (QED) is 0.309. The molecule has 0 fully saturated rings. The Kier molecular flexibility index (Phi) is 6.64. The van der Waals surface area contributed by atoms with Crippen molar-refractivity contribution in [2.45, 2.75) is 20.0 Å². The lowest BCUT2D eigenvalue weighted by molar-refractivity contribution is -0.385. The van der Waals surface area contributed by atoms with Gasteiger partial charge in [-0.3, -0.25) is 14.9 Å². The maximum absolute atomic E-state index is 12.2. The maximum atomic E-state index is 12.2. The third kappa shape index (κ3) is 5.09. The van der Waals surface area contributed by atoms with Gasteiger partial charge in [-0.25, -0.2) is 4.79 Å². The molecule has 7 nitrogen and oxygen atoms in total. The number of anilines is 1. The van der Waals surface area contributed by atoms with E-state index in [2.05, 4.69) is 5.32 Å². The fraction of sp³-hybridized carbons (Fsp3) is 0.176. The van der Waals surface area contributed by atoms with Gasteiger partial charge in [-0.2, -0.15) is 0 Å². The number of ether oxygens (including phenoxy) is 1. The van der Waals surface area contributed by atoms with Gasteiger partial charge in [-0.05, 0) is 32.0 Å². The molecule has 2 aromatic rings. The zero-order valence-corrected chi connectivity index (χ0v) is 16.4. The summed E-state index contributed by atoms with van der Waals surface area (Å²) in [5.74, 6) is -1.54. The van der Waals surface area contributed by atoms with Gasteiger partial charge in [0.15, 0.2) is 6.10 Å². The van der Waals surface area contributed by atoms with E-state index in [0.717, 1.165) is 6.07 Å². The third-order valence-corrected chi connectivity index (χ3v) is 4.60. The smallest absolute Gasteiger partial charge is 0.339 e. The fourth-order valence-corrected chi connectivity index (χ4v) is 2.66. The summed E-state index contributed by atoms with van der Waals surface area (Å²) in [4.78, 5) is 34.8. The highest BCUT2D eigenvalue weighted by atomic mass is 35.5. The molecule has 1 N–H and O–H groups in total. The van der Waals surface area contributed by atoms with Crippen molar-refractivity contribution >= 4 is 58.1 Å². The molecule has 2 rings (SSSR count). The molecule has 0 aromatic heterocycles. The number of rotatable bonds is 5. The highest BCUT2D eigenvalue weighted by Crippen LogP contribution is 2.32. The Balaban J connectivity index is 2.10. The normalized spacial score (nSPS) is 11.6. The Bertz CT molecular complexity index is 933. The van der Waals surface area contributed by atoms with E-state index in [1.165, 1.54) is 31.2 Å². The number of hydrogen-bond donors (Lipinski definition) is 1. The number of amides is 1. The molecule has 0 spiro atoms. The Morgan fingerprint density at radius 3 is 2.37 bits per heavy atom. The molecule has 0 heterocycles. The third-order valence-electron chi connectivity index (χ3n) is 3.56. The average Bonchev–Trinajstić information content (AvgIpc) is 2.59. The monoisotopic (exact) mass is 430 g/mol. The molecule has 0 aliphatic rings. The number of nitro benzene ring substituents is 1. The number of nitro groups is 1. The summed E-state index contributed by atoms with van der Waals surface area (Å²) in [6.07, 6.45) is -1.19. The molecule has 0 saturated heterocycles. The van der Waals surface area contributed by atoms with Crippen molar-refractivity contribution in [3.63, 3.8) is 0 Å². The molecule has 1 amide bonds. The Hall–Kier alpha value is -2.35. The van der Waals surface area contributed by atoms with Crippen molar-refractivity contribution in [2.75, 3.05) is 5.32 Å². The standard InChI is InChI=1S/C17H13Cl3N2O5/c1-8-3-4-10(5-15(8)22(25)26)17(24)27-9(2)16(23)21-14-7-12(19)11(18)6-13(14)20/h3-7,9H,1-2H3,(H,21,23). The summed E-state index contributed by atoms with van der Waals surface area (Å²) in [6, 6.07) is 6.63. The molecule has 0 saturated carbocycles. The number of carbonyl (C=O) groups is 2.